The average Bonchev–Trinajstić information content (AvgIpc) is 3.70. The highest BCUT2D eigenvalue weighted by Gasteiger charge is 2.20. The van der Waals surface area contributed by atoms with Crippen LogP contribution in [0.25, 0.3) is 77.2 Å². The number of hydrogen-bond donors (Lipinski definition) is 0. The Labute approximate surface area is 287 Å². The molecule has 0 fully saturated rings. The summed E-state index contributed by atoms with van der Waals surface area (Å²) in [6, 6.07) is 57.7. The highest BCUT2D eigenvalue weighted by molar-refractivity contribution is 6.11. The van der Waals surface area contributed by atoms with Crippen molar-refractivity contribution in [3.8, 4) is 51.8 Å². The molecular formula is C45H25N5. The highest BCUT2D eigenvalue weighted by atomic mass is 15.0. The number of rotatable bonds is 4. The molecule has 0 unspecified atom stereocenters. The van der Waals surface area contributed by atoms with E-state index in [2.05, 4.69) is 118 Å². The zero-order valence-electron chi connectivity index (χ0n) is 26.7. The molecule has 0 N–H and O–H groups in total. The van der Waals surface area contributed by atoms with Gasteiger partial charge in [-0.1, -0.05) is 91.0 Å². The predicted molar refractivity (Wildman–Crippen MR) is 200 cm³/mol. The average molecular weight is 636 g/mol. The van der Waals surface area contributed by atoms with Gasteiger partial charge in [-0.2, -0.15) is 15.8 Å². The van der Waals surface area contributed by atoms with Crippen molar-refractivity contribution in [2.45, 2.75) is 0 Å². The van der Waals surface area contributed by atoms with Gasteiger partial charge in [0.1, 0.15) is 6.07 Å². The zero-order chi connectivity index (χ0) is 33.8. The zero-order valence-corrected chi connectivity index (χ0v) is 26.7. The molecule has 0 spiro atoms. The maximum atomic E-state index is 10.4. The molecule has 0 saturated carbocycles. The molecule has 5 nitrogen and oxygen atoms in total. The molecule has 7 aromatic carbocycles. The lowest BCUT2D eigenvalue weighted by molar-refractivity contribution is 1.17. The summed E-state index contributed by atoms with van der Waals surface area (Å²) in [6.07, 6.45) is 0. The van der Waals surface area contributed by atoms with Gasteiger partial charge >= 0.3 is 0 Å². The van der Waals surface area contributed by atoms with Crippen LogP contribution in [0.5, 0.6) is 0 Å². The molecule has 5 heteroatoms. The molecule has 0 aliphatic carbocycles. The summed E-state index contributed by atoms with van der Waals surface area (Å²) in [6.45, 7) is 0. The normalized spacial score (nSPS) is 11.1. The predicted octanol–water partition coefficient (Wildman–Crippen LogP) is 10.8. The van der Waals surface area contributed by atoms with Crippen molar-refractivity contribution in [1.29, 1.82) is 15.8 Å². The molecule has 0 aliphatic heterocycles. The number of para-hydroxylation sites is 4. The van der Waals surface area contributed by atoms with Crippen LogP contribution in [-0.2, 0) is 0 Å². The molecule has 9 aromatic rings. The topological polar surface area (TPSA) is 81.2 Å². The van der Waals surface area contributed by atoms with Gasteiger partial charge in [0.15, 0.2) is 0 Å². The van der Waals surface area contributed by atoms with Crippen LogP contribution in [0.1, 0.15) is 16.7 Å². The second-order valence-electron chi connectivity index (χ2n) is 12.3. The van der Waals surface area contributed by atoms with Gasteiger partial charge in [-0.25, -0.2) is 0 Å². The van der Waals surface area contributed by atoms with E-state index in [4.69, 9.17) is 0 Å². The van der Waals surface area contributed by atoms with Gasteiger partial charge in [0.25, 0.3) is 0 Å². The molecule has 9 rings (SSSR count). The molecule has 0 amide bonds. The molecule has 0 aliphatic rings. The van der Waals surface area contributed by atoms with Gasteiger partial charge < -0.3 is 9.13 Å². The van der Waals surface area contributed by atoms with E-state index in [1.807, 2.05) is 60.7 Å². The summed E-state index contributed by atoms with van der Waals surface area (Å²) in [4.78, 5) is 0. The highest BCUT2D eigenvalue weighted by Crippen LogP contribution is 2.39. The number of nitrogens with zero attached hydrogens (tertiary/aromatic N) is 5. The summed E-state index contributed by atoms with van der Waals surface area (Å²) in [5.74, 6) is 0. The minimum atomic E-state index is 0.546. The molecule has 0 bridgehead atoms. The van der Waals surface area contributed by atoms with E-state index >= 15 is 0 Å². The van der Waals surface area contributed by atoms with Crippen LogP contribution in [0, 0.1) is 34.0 Å². The largest absolute Gasteiger partial charge is 0.309 e. The Kier molecular flexibility index (Phi) is 6.56. The fraction of sp³-hybridized carbons (Fsp3) is 0. The van der Waals surface area contributed by atoms with Crippen LogP contribution >= 0.6 is 0 Å². The second kappa shape index (κ2) is 11.4. The Hall–Kier alpha value is -7.39. The third-order valence-corrected chi connectivity index (χ3v) is 9.65. The first-order valence-electron chi connectivity index (χ1n) is 16.3. The van der Waals surface area contributed by atoms with Crippen molar-refractivity contribution in [2.75, 3.05) is 0 Å². The van der Waals surface area contributed by atoms with E-state index in [-0.39, 0.29) is 0 Å². The van der Waals surface area contributed by atoms with Crippen LogP contribution in [0.2, 0.25) is 0 Å². The van der Waals surface area contributed by atoms with Crippen LogP contribution in [0.3, 0.4) is 0 Å². The first kappa shape index (κ1) is 28.8. The quantitative estimate of drug-likeness (QED) is 0.193. The van der Waals surface area contributed by atoms with Crippen molar-refractivity contribution in [2.24, 2.45) is 0 Å². The molecule has 0 atom stereocenters. The molecule has 230 valence electrons. The first-order valence-corrected chi connectivity index (χ1v) is 16.3. The maximum Gasteiger partial charge on any atom is 0.101 e. The van der Waals surface area contributed by atoms with Crippen molar-refractivity contribution in [3.63, 3.8) is 0 Å². The van der Waals surface area contributed by atoms with E-state index < -0.39 is 0 Å². The lowest BCUT2D eigenvalue weighted by atomic mass is 9.95. The summed E-state index contributed by atoms with van der Waals surface area (Å²) >= 11 is 0. The summed E-state index contributed by atoms with van der Waals surface area (Å²) in [5.41, 5.74) is 11.2. The van der Waals surface area contributed by atoms with Gasteiger partial charge in [0, 0.05) is 38.4 Å². The Morgan fingerprint density at radius 3 is 1.56 bits per heavy atom. The monoisotopic (exact) mass is 635 g/mol. The minimum absolute atomic E-state index is 0.546. The van der Waals surface area contributed by atoms with Crippen LogP contribution < -0.4 is 0 Å². The fourth-order valence-electron chi connectivity index (χ4n) is 7.43. The number of fused-ring (bicyclic) bond motifs is 6. The van der Waals surface area contributed by atoms with Crippen LogP contribution in [-0.4, -0.2) is 9.13 Å². The molecular weight excluding hydrogens is 611 g/mol. The Balaban J connectivity index is 1.21. The van der Waals surface area contributed by atoms with Gasteiger partial charge in [-0.15, -0.1) is 0 Å². The van der Waals surface area contributed by atoms with Crippen LogP contribution in [0.15, 0.2) is 152 Å². The summed E-state index contributed by atoms with van der Waals surface area (Å²) in [5, 5.41) is 34.5. The van der Waals surface area contributed by atoms with Gasteiger partial charge in [-0.05, 0) is 71.8 Å². The van der Waals surface area contributed by atoms with Gasteiger partial charge in [0.2, 0.25) is 0 Å². The lowest BCUT2D eigenvalue weighted by Crippen LogP contribution is -2.01. The molecule has 0 saturated heterocycles. The van der Waals surface area contributed by atoms with Gasteiger partial charge in [-0.3, -0.25) is 0 Å². The van der Waals surface area contributed by atoms with Gasteiger partial charge in [0.05, 0.1) is 56.6 Å². The Morgan fingerprint density at radius 1 is 0.380 bits per heavy atom. The van der Waals surface area contributed by atoms with E-state index in [1.54, 1.807) is 0 Å². The second-order valence-corrected chi connectivity index (χ2v) is 12.3. The smallest absolute Gasteiger partial charge is 0.101 e. The van der Waals surface area contributed by atoms with E-state index in [9.17, 15) is 15.8 Å². The maximum absolute atomic E-state index is 10.4. The molecule has 2 heterocycles. The molecule has 0 radical (unpaired) electrons. The number of nitriles is 3. The lowest BCUT2D eigenvalue weighted by Gasteiger charge is -2.16. The van der Waals surface area contributed by atoms with Crippen molar-refractivity contribution < 1.29 is 0 Å². The number of aromatic nitrogens is 2. The Morgan fingerprint density at radius 2 is 0.940 bits per heavy atom. The van der Waals surface area contributed by atoms with Crippen LogP contribution in [0.4, 0.5) is 0 Å². The fourth-order valence-corrected chi connectivity index (χ4v) is 7.43. The van der Waals surface area contributed by atoms with Crippen molar-refractivity contribution >= 4 is 43.6 Å². The van der Waals surface area contributed by atoms with Crippen molar-refractivity contribution in [1.82, 2.24) is 9.13 Å². The SMILES string of the molecule is N#Cc1ccc2c(c1)c1ccccc1n2-c1c(C#N)cccc1-c1ccc(-c2cc(-n3c4ccccc4c4ccccc43)ccc2C#N)cc1. The minimum Gasteiger partial charge on any atom is -0.309 e. The number of benzene rings is 7. The summed E-state index contributed by atoms with van der Waals surface area (Å²) < 4.78 is 4.39. The van der Waals surface area contributed by atoms with E-state index in [0.717, 1.165) is 66.5 Å². The first-order chi connectivity index (χ1) is 24.7. The summed E-state index contributed by atoms with van der Waals surface area (Å²) in [7, 11) is 0. The molecule has 2 aromatic heterocycles. The van der Waals surface area contributed by atoms with Crippen molar-refractivity contribution in [3.05, 3.63) is 168 Å². The Bertz CT molecular complexity index is 2900. The third kappa shape index (κ3) is 4.31. The number of hydrogen-bond acceptors (Lipinski definition) is 3. The van der Waals surface area contributed by atoms with E-state index in [1.165, 1.54) is 10.8 Å². The van der Waals surface area contributed by atoms with E-state index in [0.29, 0.717) is 16.7 Å². The molecule has 50 heavy (non-hydrogen) atoms. The third-order valence-electron chi connectivity index (χ3n) is 9.65. The standard InChI is InChI=1S/C45H25N5/c46-26-29-16-23-44-40(24-29)38-11-3-6-15-43(38)50(44)45-33(28-48)8-7-12-35(45)30-17-19-31(20-18-30)39-25-34(22-21-32(39)27-47)49-41-13-4-1-9-36(41)37-10-2-5-14-42(37)49/h1-25H.